The first-order chi connectivity index (χ1) is 14.1. The fraction of sp³-hybridized carbons (Fsp3) is 0.190. The third-order valence-electron chi connectivity index (χ3n) is 4.45. The highest BCUT2D eigenvalue weighted by Gasteiger charge is 2.18. The van der Waals surface area contributed by atoms with Crippen molar-refractivity contribution in [3.8, 4) is 46.0 Å². The molecule has 0 saturated carbocycles. The van der Waals surface area contributed by atoms with E-state index in [9.17, 15) is 0 Å². The maximum Gasteiger partial charge on any atom is 0.258 e. The summed E-state index contributed by atoms with van der Waals surface area (Å²) in [5.41, 5.74) is 2.06. The summed E-state index contributed by atoms with van der Waals surface area (Å²) in [6.45, 7) is 0. The van der Waals surface area contributed by atoms with E-state index in [-0.39, 0.29) is 0 Å². The second-order valence-corrected chi connectivity index (χ2v) is 6.13. The van der Waals surface area contributed by atoms with Crippen molar-refractivity contribution >= 4 is 10.9 Å². The van der Waals surface area contributed by atoms with Crippen LogP contribution in [0, 0.1) is 0 Å². The summed E-state index contributed by atoms with van der Waals surface area (Å²) in [5, 5.41) is 4.98. The van der Waals surface area contributed by atoms with Crippen LogP contribution in [0.4, 0.5) is 0 Å². The van der Waals surface area contributed by atoms with Gasteiger partial charge in [0.2, 0.25) is 11.7 Å². The van der Waals surface area contributed by atoms with Crippen LogP contribution in [0.3, 0.4) is 0 Å². The SMILES string of the molecule is COc1cc(OC)cc(-c2nc(-c3cc4cc(OC)ccc4nc3OC)no2)c1. The molecule has 29 heavy (non-hydrogen) atoms. The average molecular weight is 393 g/mol. The number of hydrogen-bond donors (Lipinski definition) is 0. The Morgan fingerprint density at radius 3 is 2.10 bits per heavy atom. The van der Waals surface area contributed by atoms with Crippen molar-refractivity contribution in [1.82, 2.24) is 15.1 Å². The molecule has 0 spiro atoms. The van der Waals surface area contributed by atoms with Crippen molar-refractivity contribution in [1.29, 1.82) is 0 Å². The third-order valence-corrected chi connectivity index (χ3v) is 4.45. The van der Waals surface area contributed by atoms with Crippen molar-refractivity contribution in [2.75, 3.05) is 28.4 Å². The summed E-state index contributed by atoms with van der Waals surface area (Å²) in [6.07, 6.45) is 0. The molecule has 0 bridgehead atoms. The quantitative estimate of drug-likeness (QED) is 0.486. The molecule has 0 amide bonds. The van der Waals surface area contributed by atoms with E-state index in [1.807, 2.05) is 24.3 Å². The second kappa shape index (κ2) is 7.67. The first-order valence-corrected chi connectivity index (χ1v) is 8.75. The van der Waals surface area contributed by atoms with Gasteiger partial charge in [0.15, 0.2) is 0 Å². The Balaban J connectivity index is 1.80. The van der Waals surface area contributed by atoms with Crippen molar-refractivity contribution in [3.05, 3.63) is 42.5 Å². The second-order valence-electron chi connectivity index (χ2n) is 6.13. The molecule has 8 heteroatoms. The van der Waals surface area contributed by atoms with Crippen LogP contribution in [0.2, 0.25) is 0 Å². The van der Waals surface area contributed by atoms with E-state index in [0.717, 1.165) is 16.7 Å². The van der Waals surface area contributed by atoms with Gasteiger partial charge in [0, 0.05) is 17.0 Å². The normalized spacial score (nSPS) is 10.8. The van der Waals surface area contributed by atoms with Gasteiger partial charge in [-0.1, -0.05) is 5.16 Å². The molecule has 8 nitrogen and oxygen atoms in total. The maximum atomic E-state index is 5.48. The molecule has 0 N–H and O–H groups in total. The monoisotopic (exact) mass is 393 g/mol. The Kier molecular flexibility index (Phi) is 4.90. The van der Waals surface area contributed by atoms with E-state index in [0.29, 0.717) is 40.2 Å². The first-order valence-electron chi connectivity index (χ1n) is 8.75. The van der Waals surface area contributed by atoms with Gasteiger partial charge in [0.25, 0.3) is 5.89 Å². The van der Waals surface area contributed by atoms with E-state index in [2.05, 4.69) is 15.1 Å². The molecule has 2 heterocycles. The zero-order chi connectivity index (χ0) is 20.4. The van der Waals surface area contributed by atoms with Gasteiger partial charge < -0.3 is 23.5 Å². The molecule has 0 unspecified atom stereocenters. The zero-order valence-electron chi connectivity index (χ0n) is 16.4. The Hall–Kier alpha value is -3.81. The number of fused-ring (bicyclic) bond motifs is 1. The number of ether oxygens (including phenoxy) is 4. The lowest BCUT2D eigenvalue weighted by Gasteiger charge is -2.08. The van der Waals surface area contributed by atoms with Crippen LogP contribution >= 0.6 is 0 Å². The van der Waals surface area contributed by atoms with Crippen LogP contribution in [-0.2, 0) is 0 Å². The fourth-order valence-electron chi connectivity index (χ4n) is 2.96. The van der Waals surface area contributed by atoms with Gasteiger partial charge in [0.05, 0.1) is 39.5 Å². The fourth-order valence-corrected chi connectivity index (χ4v) is 2.96. The van der Waals surface area contributed by atoms with Crippen LogP contribution in [0.1, 0.15) is 0 Å². The van der Waals surface area contributed by atoms with Gasteiger partial charge in [-0.15, -0.1) is 0 Å². The number of hydrogen-bond acceptors (Lipinski definition) is 8. The largest absolute Gasteiger partial charge is 0.497 e. The topological polar surface area (TPSA) is 88.7 Å². The summed E-state index contributed by atoms with van der Waals surface area (Å²) in [6, 6.07) is 12.8. The summed E-state index contributed by atoms with van der Waals surface area (Å²) in [7, 11) is 6.33. The first kappa shape index (κ1) is 18.5. The molecule has 0 aliphatic heterocycles. The molecule has 4 aromatic rings. The maximum absolute atomic E-state index is 5.48. The highest BCUT2D eigenvalue weighted by Crippen LogP contribution is 2.34. The number of rotatable bonds is 6. The third kappa shape index (κ3) is 3.52. The van der Waals surface area contributed by atoms with Gasteiger partial charge in [-0.25, -0.2) is 4.98 Å². The lowest BCUT2D eigenvalue weighted by atomic mass is 10.1. The van der Waals surface area contributed by atoms with Crippen LogP contribution in [0.5, 0.6) is 23.1 Å². The zero-order valence-corrected chi connectivity index (χ0v) is 16.4. The lowest BCUT2D eigenvalue weighted by molar-refractivity contribution is 0.393. The number of methoxy groups -OCH3 is 4. The minimum Gasteiger partial charge on any atom is -0.497 e. The summed E-state index contributed by atoms with van der Waals surface area (Å²) in [5.74, 6) is 3.05. The molecular formula is C21H19N3O5. The Labute approximate surface area is 167 Å². The van der Waals surface area contributed by atoms with E-state index < -0.39 is 0 Å². The van der Waals surface area contributed by atoms with Crippen LogP contribution < -0.4 is 18.9 Å². The molecule has 0 aliphatic rings. The number of benzene rings is 2. The van der Waals surface area contributed by atoms with Gasteiger partial charge >= 0.3 is 0 Å². The number of aromatic nitrogens is 3. The molecule has 148 valence electrons. The molecule has 0 fully saturated rings. The molecule has 2 aromatic carbocycles. The van der Waals surface area contributed by atoms with E-state index in [1.54, 1.807) is 46.6 Å². The molecule has 0 saturated heterocycles. The minimum atomic E-state index is 0.324. The van der Waals surface area contributed by atoms with Crippen molar-refractivity contribution in [2.24, 2.45) is 0 Å². The summed E-state index contributed by atoms with van der Waals surface area (Å²) in [4.78, 5) is 9.06. The standard InChI is InChI=1S/C21H19N3O5/c1-25-14-5-6-18-12(7-14)10-17(21(22-18)28-4)19-23-20(29-24-19)13-8-15(26-2)11-16(9-13)27-3/h5-11H,1-4H3. The van der Waals surface area contributed by atoms with Crippen molar-refractivity contribution in [2.45, 2.75) is 0 Å². The molecule has 0 aliphatic carbocycles. The Morgan fingerprint density at radius 2 is 1.45 bits per heavy atom. The Bertz CT molecular complexity index is 1150. The van der Waals surface area contributed by atoms with Crippen LogP contribution in [-0.4, -0.2) is 43.6 Å². The van der Waals surface area contributed by atoms with E-state index >= 15 is 0 Å². The highest BCUT2D eigenvalue weighted by molar-refractivity contribution is 5.86. The molecule has 4 rings (SSSR count). The van der Waals surface area contributed by atoms with Crippen molar-refractivity contribution in [3.63, 3.8) is 0 Å². The summed E-state index contributed by atoms with van der Waals surface area (Å²) >= 11 is 0. The van der Waals surface area contributed by atoms with Crippen LogP contribution in [0.15, 0.2) is 47.0 Å². The molecule has 0 radical (unpaired) electrons. The van der Waals surface area contributed by atoms with Gasteiger partial charge in [-0.2, -0.15) is 4.98 Å². The number of nitrogens with zero attached hydrogens (tertiary/aromatic N) is 3. The smallest absolute Gasteiger partial charge is 0.258 e. The minimum absolute atomic E-state index is 0.324. The number of pyridine rings is 1. The highest BCUT2D eigenvalue weighted by atomic mass is 16.5. The molecule has 2 aromatic heterocycles. The summed E-state index contributed by atoms with van der Waals surface area (Å²) < 4.78 is 26.8. The van der Waals surface area contributed by atoms with Crippen molar-refractivity contribution < 1.29 is 23.5 Å². The predicted molar refractivity (Wildman–Crippen MR) is 107 cm³/mol. The molecular weight excluding hydrogens is 374 g/mol. The van der Waals surface area contributed by atoms with E-state index in [1.165, 1.54) is 0 Å². The molecule has 0 atom stereocenters. The predicted octanol–water partition coefficient (Wildman–Crippen LogP) is 3.99. The Morgan fingerprint density at radius 1 is 0.724 bits per heavy atom. The lowest BCUT2D eigenvalue weighted by Crippen LogP contribution is -1.94. The van der Waals surface area contributed by atoms with Gasteiger partial charge in [0.1, 0.15) is 17.2 Å². The van der Waals surface area contributed by atoms with E-state index in [4.69, 9.17) is 23.5 Å². The van der Waals surface area contributed by atoms with Crippen LogP contribution in [0.25, 0.3) is 33.7 Å². The average Bonchev–Trinajstić information content (AvgIpc) is 3.27. The van der Waals surface area contributed by atoms with Gasteiger partial charge in [-0.05, 0) is 36.4 Å². The van der Waals surface area contributed by atoms with Gasteiger partial charge in [-0.3, -0.25) is 0 Å².